The largest absolute Gasteiger partial charge is 0.393 e. The van der Waals surface area contributed by atoms with Gasteiger partial charge in [-0.05, 0) is 6.42 Å². The van der Waals surface area contributed by atoms with Crippen LogP contribution in [0.15, 0.2) is 0 Å². The standard InChI is InChI=1S/C9H8O6/c10-6-2-4(8(12)14-6)1-5-3-7(11)15-9(5)13/h4-5H,1-3H2/t4-,5?/m1/s1. The van der Waals surface area contributed by atoms with Gasteiger partial charge in [-0.15, -0.1) is 0 Å². The third-order valence-electron chi connectivity index (χ3n) is 2.49. The van der Waals surface area contributed by atoms with Crippen molar-refractivity contribution in [2.24, 2.45) is 11.8 Å². The van der Waals surface area contributed by atoms with Gasteiger partial charge in [0.15, 0.2) is 0 Å². The highest BCUT2D eigenvalue weighted by atomic mass is 16.6. The summed E-state index contributed by atoms with van der Waals surface area (Å²) in [5, 5.41) is 0. The summed E-state index contributed by atoms with van der Waals surface area (Å²) in [6.07, 6.45) is 0.114. The summed E-state index contributed by atoms with van der Waals surface area (Å²) in [5.74, 6) is -3.62. The number of ether oxygens (including phenoxy) is 2. The van der Waals surface area contributed by atoms with Gasteiger partial charge in [-0.3, -0.25) is 19.2 Å². The molecule has 0 aromatic carbocycles. The summed E-state index contributed by atoms with van der Waals surface area (Å²) in [5.41, 5.74) is 0. The zero-order valence-electron chi connectivity index (χ0n) is 7.73. The predicted molar refractivity (Wildman–Crippen MR) is 43.0 cm³/mol. The van der Waals surface area contributed by atoms with E-state index in [1.807, 2.05) is 0 Å². The molecule has 2 rings (SSSR count). The van der Waals surface area contributed by atoms with Crippen molar-refractivity contribution in [2.45, 2.75) is 19.3 Å². The second-order valence-corrected chi connectivity index (χ2v) is 3.62. The first-order chi connectivity index (χ1) is 7.06. The molecule has 2 atom stereocenters. The molecule has 0 saturated carbocycles. The molecule has 2 aliphatic rings. The van der Waals surface area contributed by atoms with Gasteiger partial charge in [-0.25, -0.2) is 0 Å². The Hall–Kier alpha value is -1.72. The maximum Gasteiger partial charge on any atom is 0.317 e. The summed E-state index contributed by atoms with van der Waals surface area (Å²) in [7, 11) is 0. The van der Waals surface area contributed by atoms with Gasteiger partial charge in [0.25, 0.3) is 0 Å². The Kier molecular flexibility index (Phi) is 2.26. The Morgan fingerprint density at radius 3 is 1.53 bits per heavy atom. The minimum absolute atomic E-state index is 0.0171. The van der Waals surface area contributed by atoms with Crippen molar-refractivity contribution in [2.75, 3.05) is 0 Å². The molecule has 0 amide bonds. The van der Waals surface area contributed by atoms with Crippen LogP contribution in [0.2, 0.25) is 0 Å². The average molecular weight is 212 g/mol. The molecule has 0 radical (unpaired) electrons. The van der Waals surface area contributed by atoms with E-state index >= 15 is 0 Å². The van der Waals surface area contributed by atoms with E-state index < -0.39 is 35.7 Å². The third kappa shape index (κ3) is 1.88. The summed E-state index contributed by atoms with van der Waals surface area (Å²) in [6.45, 7) is 0. The van der Waals surface area contributed by atoms with E-state index in [-0.39, 0.29) is 19.3 Å². The first kappa shape index (κ1) is 9.82. The molecule has 0 bridgehead atoms. The number of hydrogen-bond donors (Lipinski definition) is 0. The van der Waals surface area contributed by atoms with Crippen LogP contribution in [0.4, 0.5) is 0 Å². The van der Waals surface area contributed by atoms with E-state index in [4.69, 9.17) is 0 Å². The number of cyclic esters (lactones) is 4. The second-order valence-electron chi connectivity index (χ2n) is 3.62. The van der Waals surface area contributed by atoms with Gasteiger partial charge in [-0.1, -0.05) is 0 Å². The number of rotatable bonds is 2. The van der Waals surface area contributed by atoms with Crippen molar-refractivity contribution in [1.82, 2.24) is 0 Å². The highest BCUT2D eigenvalue weighted by molar-refractivity contribution is 5.97. The molecule has 6 heteroatoms. The number of hydrogen-bond acceptors (Lipinski definition) is 6. The van der Waals surface area contributed by atoms with Crippen LogP contribution >= 0.6 is 0 Å². The highest BCUT2D eigenvalue weighted by Gasteiger charge is 2.41. The van der Waals surface area contributed by atoms with Crippen LogP contribution in [0.3, 0.4) is 0 Å². The third-order valence-corrected chi connectivity index (χ3v) is 2.49. The Morgan fingerprint density at radius 1 is 0.867 bits per heavy atom. The molecule has 80 valence electrons. The zero-order valence-corrected chi connectivity index (χ0v) is 7.73. The summed E-state index contributed by atoms with van der Waals surface area (Å²) < 4.78 is 8.66. The lowest BCUT2D eigenvalue weighted by atomic mass is 9.92. The van der Waals surface area contributed by atoms with Crippen LogP contribution in [0.5, 0.6) is 0 Å². The molecule has 0 aliphatic carbocycles. The topological polar surface area (TPSA) is 86.7 Å². The fourth-order valence-electron chi connectivity index (χ4n) is 1.75. The van der Waals surface area contributed by atoms with E-state index in [0.717, 1.165) is 0 Å². The van der Waals surface area contributed by atoms with Gasteiger partial charge in [0.05, 0.1) is 24.7 Å². The van der Waals surface area contributed by atoms with E-state index in [1.54, 1.807) is 0 Å². The maximum atomic E-state index is 11.1. The first-order valence-corrected chi connectivity index (χ1v) is 4.55. The van der Waals surface area contributed by atoms with Crippen molar-refractivity contribution >= 4 is 23.9 Å². The predicted octanol–water partition coefficient (Wildman–Crippen LogP) is -0.444. The molecule has 0 aromatic rings. The van der Waals surface area contributed by atoms with Crippen LogP contribution in [-0.2, 0) is 28.7 Å². The summed E-state index contributed by atoms with van der Waals surface area (Å²) >= 11 is 0. The molecule has 15 heavy (non-hydrogen) atoms. The first-order valence-electron chi connectivity index (χ1n) is 4.55. The van der Waals surface area contributed by atoms with E-state index in [9.17, 15) is 19.2 Å². The van der Waals surface area contributed by atoms with E-state index in [2.05, 4.69) is 9.47 Å². The lowest BCUT2D eigenvalue weighted by Gasteiger charge is -2.06. The quantitative estimate of drug-likeness (QED) is 0.455. The van der Waals surface area contributed by atoms with Crippen molar-refractivity contribution in [3.63, 3.8) is 0 Å². The molecule has 6 nitrogen and oxygen atoms in total. The minimum Gasteiger partial charge on any atom is -0.393 e. The van der Waals surface area contributed by atoms with Crippen LogP contribution in [-0.4, -0.2) is 23.9 Å². The lowest BCUT2D eigenvalue weighted by molar-refractivity contribution is -0.153. The molecule has 0 N–H and O–H groups in total. The number of carbonyl (C=O) groups excluding carboxylic acids is 4. The van der Waals surface area contributed by atoms with Crippen molar-refractivity contribution < 1.29 is 28.7 Å². The van der Waals surface area contributed by atoms with Crippen molar-refractivity contribution in [3.05, 3.63) is 0 Å². The number of carbonyl (C=O) groups is 4. The van der Waals surface area contributed by atoms with Gasteiger partial charge in [-0.2, -0.15) is 0 Å². The molecular formula is C9H8O6. The fraction of sp³-hybridized carbons (Fsp3) is 0.556. The minimum atomic E-state index is -0.618. The van der Waals surface area contributed by atoms with Gasteiger partial charge in [0.2, 0.25) is 0 Å². The Morgan fingerprint density at radius 2 is 1.27 bits per heavy atom. The molecule has 0 aromatic heterocycles. The zero-order chi connectivity index (χ0) is 11.0. The molecule has 2 aliphatic heterocycles. The lowest BCUT2D eigenvalue weighted by Crippen LogP contribution is -2.16. The highest BCUT2D eigenvalue weighted by Crippen LogP contribution is 2.29. The van der Waals surface area contributed by atoms with Gasteiger partial charge >= 0.3 is 23.9 Å². The fourth-order valence-corrected chi connectivity index (χ4v) is 1.75. The smallest absolute Gasteiger partial charge is 0.317 e. The summed E-state index contributed by atoms with van der Waals surface area (Å²) in [6, 6.07) is 0. The molecule has 2 fully saturated rings. The van der Waals surface area contributed by atoms with Crippen molar-refractivity contribution in [3.8, 4) is 0 Å². The molecule has 1 unspecified atom stereocenters. The molecule has 0 spiro atoms. The van der Waals surface area contributed by atoms with Gasteiger partial charge < -0.3 is 9.47 Å². The SMILES string of the molecule is O=C1CC(C[C@@H]2CC(=O)OC2=O)C(=O)O1. The maximum absolute atomic E-state index is 11.1. The summed E-state index contributed by atoms with van der Waals surface area (Å²) in [4.78, 5) is 43.7. The van der Waals surface area contributed by atoms with E-state index in [1.165, 1.54) is 0 Å². The van der Waals surface area contributed by atoms with Crippen LogP contribution in [0, 0.1) is 11.8 Å². The van der Waals surface area contributed by atoms with Gasteiger partial charge in [0, 0.05) is 0 Å². The Bertz CT molecular complexity index is 324. The molecule has 2 heterocycles. The molecule has 2 saturated heterocycles. The van der Waals surface area contributed by atoms with Gasteiger partial charge in [0.1, 0.15) is 0 Å². The van der Waals surface area contributed by atoms with Crippen LogP contribution < -0.4 is 0 Å². The van der Waals surface area contributed by atoms with Crippen molar-refractivity contribution in [1.29, 1.82) is 0 Å². The van der Waals surface area contributed by atoms with Crippen LogP contribution in [0.1, 0.15) is 19.3 Å². The Labute approximate surface area is 84.5 Å². The Balaban J connectivity index is 1.98. The monoisotopic (exact) mass is 212 g/mol. The second kappa shape index (κ2) is 3.45. The molecular weight excluding hydrogens is 204 g/mol. The normalized spacial score (nSPS) is 30.7. The van der Waals surface area contributed by atoms with E-state index in [0.29, 0.717) is 0 Å². The number of esters is 4. The average Bonchev–Trinajstić information content (AvgIpc) is 2.58. The van der Waals surface area contributed by atoms with Crippen LogP contribution in [0.25, 0.3) is 0 Å².